The van der Waals surface area contributed by atoms with Gasteiger partial charge in [0.2, 0.25) is 0 Å². The second-order valence-electron chi connectivity index (χ2n) is 4.34. The van der Waals surface area contributed by atoms with Gasteiger partial charge in [-0.2, -0.15) is 0 Å². The van der Waals surface area contributed by atoms with E-state index >= 15 is 0 Å². The normalized spacial score (nSPS) is 12.4. The molecule has 18 heavy (non-hydrogen) atoms. The van der Waals surface area contributed by atoms with Gasteiger partial charge in [0.25, 0.3) is 0 Å². The summed E-state index contributed by atoms with van der Waals surface area (Å²) in [5, 5.41) is 10.1. The Morgan fingerprint density at radius 1 is 1.22 bits per heavy atom. The largest absolute Gasteiger partial charge is 0.388 e. The minimum Gasteiger partial charge on any atom is -0.388 e. The van der Waals surface area contributed by atoms with Crippen LogP contribution in [-0.4, -0.2) is 5.11 Å². The molecule has 0 fully saturated rings. The van der Waals surface area contributed by atoms with Crippen LogP contribution >= 0.6 is 15.9 Å². The van der Waals surface area contributed by atoms with Gasteiger partial charge in [0.05, 0.1) is 6.10 Å². The van der Waals surface area contributed by atoms with Crippen molar-refractivity contribution >= 4 is 15.9 Å². The predicted octanol–water partition coefficient (Wildman–Crippen LogP) is 4.17. The van der Waals surface area contributed by atoms with Crippen molar-refractivity contribution in [3.05, 3.63) is 69.4 Å². The molecule has 0 aromatic heterocycles. The maximum atomic E-state index is 13.7. The lowest BCUT2D eigenvalue weighted by Crippen LogP contribution is -2.05. The summed E-state index contributed by atoms with van der Waals surface area (Å²) < 4.78 is 14.6. The highest BCUT2D eigenvalue weighted by Crippen LogP contribution is 2.25. The van der Waals surface area contributed by atoms with E-state index in [1.807, 2.05) is 31.2 Å². The molecule has 0 amide bonds. The number of hydrogen-bond donors (Lipinski definition) is 1. The Balaban J connectivity index is 2.25. The molecule has 1 unspecified atom stereocenters. The zero-order valence-corrected chi connectivity index (χ0v) is 11.6. The minimum absolute atomic E-state index is 0.353. The summed E-state index contributed by atoms with van der Waals surface area (Å²) in [4.78, 5) is 0. The first-order chi connectivity index (χ1) is 8.58. The third-order valence-electron chi connectivity index (χ3n) is 2.88. The molecule has 0 aliphatic rings. The SMILES string of the molecule is Cc1ccc(F)c(C(O)Cc2ccccc2Br)c1. The standard InChI is InChI=1S/C15H14BrFO/c1-10-6-7-14(17)12(8-10)15(18)9-11-4-2-3-5-13(11)16/h2-8,15,18H,9H2,1H3. The molecule has 0 spiro atoms. The van der Waals surface area contributed by atoms with Crippen molar-refractivity contribution in [2.24, 2.45) is 0 Å². The van der Waals surface area contributed by atoms with E-state index < -0.39 is 6.10 Å². The summed E-state index contributed by atoms with van der Waals surface area (Å²) >= 11 is 3.43. The van der Waals surface area contributed by atoms with Crippen molar-refractivity contribution in [2.75, 3.05) is 0 Å². The molecule has 1 atom stereocenters. The number of rotatable bonds is 3. The quantitative estimate of drug-likeness (QED) is 0.902. The van der Waals surface area contributed by atoms with E-state index in [2.05, 4.69) is 15.9 Å². The van der Waals surface area contributed by atoms with Crippen LogP contribution in [0.25, 0.3) is 0 Å². The molecule has 0 aliphatic carbocycles. The summed E-state index contributed by atoms with van der Waals surface area (Å²) in [7, 11) is 0. The summed E-state index contributed by atoms with van der Waals surface area (Å²) in [6.07, 6.45) is -0.439. The third kappa shape index (κ3) is 2.98. The Kier molecular flexibility index (Phi) is 4.15. The molecular formula is C15H14BrFO. The molecule has 2 aromatic rings. The first-order valence-corrected chi connectivity index (χ1v) is 6.55. The Morgan fingerprint density at radius 3 is 2.67 bits per heavy atom. The molecule has 94 valence electrons. The van der Waals surface area contributed by atoms with Crippen LogP contribution in [0.5, 0.6) is 0 Å². The van der Waals surface area contributed by atoms with Crippen LogP contribution in [0, 0.1) is 12.7 Å². The van der Waals surface area contributed by atoms with Gasteiger partial charge in [0, 0.05) is 16.5 Å². The van der Waals surface area contributed by atoms with Gasteiger partial charge in [-0.15, -0.1) is 0 Å². The highest BCUT2D eigenvalue weighted by molar-refractivity contribution is 9.10. The van der Waals surface area contributed by atoms with Crippen LogP contribution in [-0.2, 0) is 6.42 Å². The smallest absolute Gasteiger partial charge is 0.129 e. The molecule has 2 rings (SSSR count). The fourth-order valence-electron chi connectivity index (χ4n) is 1.90. The highest BCUT2D eigenvalue weighted by atomic mass is 79.9. The van der Waals surface area contributed by atoms with Gasteiger partial charge >= 0.3 is 0 Å². The van der Waals surface area contributed by atoms with Crippen LogP contribution in [0.1, 0.15) is 22.8 Å². The molecule has 0 heterocycles. The number of benzene rings is 2. The lowest BCUT2D eigenvalue weighted by Gasteiger charge is -2.13. The Bertz CT molecular complexity index is 554. The zero-order valence-electron chi connectivity index (χ0n) is 10.0. The van der Waals surface area contributed by atoms with Crippen molar-refractivity contribution in [2.45, 2.75) is 19.4 Å². The van der Waals surface area contributed by atoms with Crippen LogP contribution in [0.3, 0.4) is 0 Å². The van der Waals surface area contributed by atoms with E-state index in [1.165, 1.54) is 6.07 Å². The molecule has 0 bridgehead atoms. The Hall–Kier alpha value is -1.19. The van der Waals surface area contributed by atoms with Gasteiger partial charge in [-0.25, -0.2) is 4.39 Å². The molecule has 0 radical (unpaired) electrons. The number of aryl methyl sites for hydroxylation is 1. The van der Waals surface area contributed by atoms with E-state index in [9.17, 15) is 9.50 Å². The van der Waals surface area contributed by atoms with Gasteiger partial charge in [0.15, 0.2) is 0 Å². The summed E-state index contributed by atoms with van der Waals surface area (Å²) in [5.74, 6) is -0.361. The van der Waals surface area contributed by atoms with Crippen LogP contribution in [0.4, 0.5) is 4.39 Å². The number of halogens is 2. The van der Waals surface area contributed by atoms with E-state index in [0.717, 1.165) is 15.6 Å². The molecular weight excluding hydrogens is 295 g/mol. The van der Waals surface area contributed by atoms with Crippen LogP contribution in [0.15, 0.2) is 46.9 Å². The van der Waals surface area contributed by atoms with E-state index in [0.29, 0.717) is 12.0 Å². The van der Waals surface area contributed by atoms with Crippen molar-refractivity contribution in [3.8, 4) is 0 Å². The van der Waals surface area contributed by atoms with Gasteiger partial charge in [0.1, 0.15) is 5.82 Å². The summed E-state index contributed by atoms with van der Waals surface area (Å²) in [5.41, 5.74) is 2.26. The Labute approximate surface area is 114 Å². The van der Waals surface area contributed by atoms with Crippen molar-refractivity contribution in [3.63, 3.8) is 0 Å². The highest BCUT2D eigenvalue weighted by Gasteiger charge is 2.14. The van der Waals surface area contributed by atoms with Gasteiger partial charge < -0.3 is 5.11 Å². The van der Waals surface area contributed by atoms with Crippen molar-refractivity contribution in [1.82, 2.24) is 0 Å². The lowest BCUT2D eigenvalue weighted by molar-refractivity contribution is 0.173. The zero-order chi connectivity index (χ0) is 13.1. The van der Waals surface area contributed by atoms with Gasteiger partial charge in [-0.05, 0) is 24.6 Å². The number of aliphatic hydroxyl groups is 1. The second-order valence-corrected chi connectivity index (χ2v) is 5.19. The topological polar surface area (TPSA) is 20.2 Å². The molecule has 0 aliphatic heterocycles. The molecule has 0 saturated heterocycles. The average Bonchev–Trinajstić information content (AvgIpc) is 2.35. The number of hydrogen-bond acceptors (Lipinski definition) is 1. The number of aliphatic hydroxyl groups excluding tert-OH is 1. The maximum absolute atomic E-state index is 13.7. The van der Waals surface area contributed by atoms with E-state index in [-0.39, 0.29) is 5.82 Å². The maximum Gasteiger partial charge on any atom is 0.129 e. The van der Waals surface area contributed by atoms with E-state index in [1.54, 1.807) is 12.1 Å². The first-order valence-electron chi connectivity index (χ1n) is 5.75. The predicted molar refractivity (Wildman–Crippen MR) is 73.9 cm³/mol. The fourth-order valence-corrected chi connectivity index (χ4v) is 2.35. The van der Waals surface area contributed by atoms with Crippen LogP contribution < -0.4 is 0 Å². The monoisotopic (exact) mass is 308 g/mol. The van der Waals surface area contributed by atoms with Gasteiger partial charge in [-0.3, -0.25) is 0 Å². The molecule has 0 saturated carbocycles. The minimum atomic E-state index is -0.830. The molecule has 3 heteroatoms. The lowest BCUT2D eigenvalue weighted by atomic mass is 9.99. The second kappa shape index (κ2) is 5.63. The van der Waals surface area contributed by atoms with Crippen LogP contribution in [0.2, 0.25) is 0 Å². The van der Waals surface area contributed by atoms with Gasteiger partial charge in [-0.1, -0.05) is 51.8 Å². The first kappa shape index (κ1) is 13.2. The van der Waals surface area contributed by atoms with E-state index in [4.69, 9.17) is 0 Å². The summed E-state index contributed by atoms with van der Waals surface area (Å²) in [6.45, 7) is 1.88. The molecule has 1 N–H and O–H groups in total. The van der Waals surface area contributed by atoms with Crippen molar-refractivity contribution in [1.29, 1.82) is 0 Å². The molecule has 1 nitrogen and oxygen atoms in total. The third-order valence-corrected chi connectivity index (χ3v) is 3.66. The summed E-state index contributed by atoms with van der Waals surface area (Å²) in [6, 6.07) is 12.4. The fraction of sp³-hybridized carbons (Fsp3) is 0.200. The average molecular weight is 309 g/mol. The van der Waals surface area contributed by atoms with Crippen molar-refractivity contribution < 1.29 is 9.50 Å². The molecule has 2 aromatic carbocycles. The Morgan fingerprint density at radius 2 is 1.94 bits per heavy atom.